The molecule has 14 heavy (non-hydrogen) atoms. The van der Waals surface area contributed by atoms with Gasteiger partial charge in [0.25, 0.3) is 0 Å². The van der Waals surface area contributed by atoms with E-state index in [9.17, 15) is 0 Å². The second kappa shape index (κ2) is 7.86. The second-order valence-electron chi connectivity index (χ2n) is 4.04. The van der Waals surface area contributed by atoms with Crippen molar-refractivity contribution in [2.24, 2.45) is 11.7 Å². The topological polar surface area (TPSA) is 29.3 Å². The van der Waals surface area contributed by atoms with Crippen LogP contribution in [0.5, 0.6) is 0 Å². The number of hydrogen-bond acceptors (Lipinski definition) is 2. The van der Waals surface area contributed by atoms with Gasteiger partial charge in [0.15, 0.2) is 0 Å². The summed E-state index contributed by atoms with van der Waals surface area (Å²) < 4.78 is 0. The molecule has 84 valence electrons. The van der Waals surface area contributed by atoms with Gasteiger partial charge in [0, 0.05) is 19.3 Å². The van der Waals surface area contributed by atoms with Crippen LogP contribution in [0.15, 0.2) is 11.8 Å². The van der Waals surface area contributed by atoms with Gasteiger partial charge in [-0.2, -0.15) is 0 Å². The molecule has 2 N–H and O–H groups in total. The van der Waals surface area contributed by atoms with Gasteiger partial charge in [-0.3, -0.25) is 0 Å². The molecule has 0 aliphatic heterocycles. The minimum absolute atomic E-state index is 0.747. The fourth-order valence-electron chi connectivity index (χ4n) is 1.55. The Labute approximate surface area is 89.2 Å². The van der Waals surface area contributed by atoms with Gasteiger partial charge in [-0.15, -0.1) is 0 Å². The summed E-state index contributed by atoms with van der Waals surface area (Å²) in [7, 11) is 2.17. The number of hydrogen-bond donors (Lipinski definition) is 1. The van der Waals surface area contributed by atoms with Gasteiger partial charge in [-0.25, -0.2) is 0 Å². The third-order valence-electron chi connectivity index (χ3n) is 2.61. The van der Waals surface area contributed by atoms with E-state index in [1.807, 2.05) is 0 Å². The zero-order chi connectivity index (χ0) is 11.0. The van der Waals surface area contributed by atoms with Crippen molar-refractivity contribution in [2.75, 3.05) is 20.1 Å². The van der Waals surface area contributed by atoms with Crippen molar-refractivity contribution in [3.05, 3.63) is 11.8 Å². The molecule has 2 nitrogen and oxygen atoms in total. The standard InChI is InChI=1S/C12H26N2/c1-5-7-12(8-9-13)14(4)10-11(3)6-2/h7,11H,5-6,8-10,13H2,1-4H3. The average Bonchev–Trinajstić information content (AvgIpc) is 2.17. The van der Waals surface area contributed by atoms with Gasteiger partial charge < -0.3 is 10.6 Å². The molecule has 0 amide bonds. The lowest BCUT2D eigenvalue weighted by Gasteiger charge is -2.25. The second-order valence-corrected chi connectivity index (χ2v) is 4.04. The molecule has 0 spiro atoms. The zero-order valence-electron chi connectivity index (χ0n) is 10.2. The Morgan fingerprint density at radius 2 is 2.07 bits per heavy atom. The van der Waals surface area contributed by atoms with Gasteiger partial charge in [-0.1, -0.05) is 33.3 Å². The van der Waals surface area contributed by atoms with Gasteiger partial charge >= 0.3 is 0 Å². The van der Waals surface area contributed by atoms with Crippen molar-refractivity contribution in [3.8, 4) is 0 Å². The van der Waals surface area contributed by atoms with Crippen LogP contribution in [0.4, 0.5) is 0 Å². The molecule has 1 atom stereocenters. The lowest BCUT2D eigenvalue weighted by Crippen LogP contribution is -2.25. The average molecular weight is 198 g/mol. The molecule has 0 bridgehead atoms. The van der Waals surface area contributed by atoms with Crippen molar-refractivity contribution < 1.29 is 0 Å². The molecular formula is C12H26N2. The molecule has 2 heteroatoms. The molecular weight excluding hydrogens is 172 g/mol. The Bertz CT molecular complexity index is 164. The minimum atomic E-state index is 0.747. The van der Waals surface area contributed by atoms with E-state index in [1.165, 1.54) is 12.1 Å². The first-order valence-corrected chi connectivity index (χ1v) is 5.75. The molecule has 1 unspecified atom stereocenters. The first-order chi connectivity index (χ1) is 6.65. The van der Waals surface area contributed by atoms with Crippen molar-refractivity contribution in [1.82, 2.24) is 4.90 Å². The van der Waals surface area contributed by atoms with Crippen LogP contribution in [-0.2, 0) is 0 Å². The molecule has 0 aromatic heterocycles. The largest absolute Gasteiger partial charge is 0.378 e. The summed E-state index contributed by atoms with van der Waals surface area (Å²) in [5, 5.41) is 0. The van der Waals surface area contributed by atoms with E-state index < -0.39 is 0 Å². The van der Waals surface area contributed by atoms with Crippen LogP contribution in [0.3, 0.4) is 0 Å². The molecule has 0 aromatic rings. The molecule has 0 aliphatic carbocycles. The highest BCUT2D eigenvalue weighted by Crippen LogP contribution is 2.11. The lowest BCUT2D eigenvalue weighted by molar-refractivity contribution is 0.331. The van der Waals surface area contributed by atoms with Crippen molar-refractivity contribution in [2.45, 2.75) is 40.0 Å². The Kier molecular flexibility index (Phi) is 7.58. The maximum absolute atomic E-state index is 5.59. The van der Waals surface area contributed by atoms with Gasteiger partial charge in [0.1, 0.15) is 0 Å². The number of nitrogens with zero attached hydrogens (tertiary/aromatic N) is 1. The van der Waals surface area contributed by atoms with Crippen LogP contribution in [0.1, 0.15) is 40.0 Å². The zero-order valence-corrected chi connectivity index (χ0v) is 10.2. The number of nitrogens with two attached hydrogens (primary N) is 1. The predicted molar refractivity (Wildman–Crippen MR) is 64.1 cm³/mol. The molecule has 0 saturated heterocycles. The minimum Gasteiger partial charge on any atom is -0.378 e. The van der Waals surface area contributed by atoms with Crippen molar-refractivity contribution in [1.29, 1.82) is 0 Å². The Morgan fingerprint density at radius 1 is 1.43 bits per heavy atom. The third kappa shape index (κ3) is 5.28. The van der Waals surface area contributed by atoms with Gasteiger partial charge in [0.05, 0.1) is 0 Å². The van der Waals surface area contributed by atoms with Crippen LogP contribution in [0.2, 0.25) is 0 Å². The molecule has 0 rings (SSSR count). The summed E-state index contributed by atoms with van der Waals surface area (Å²) >= 11 is 0. The summed E-state index contributed by atoms with van der Waals surface area (Å²) in [6.07, 6.45) is 5.63. The molecule has 0 heterocycles. The highest BCUT2D eigenvalue weighted by molar-refractivity contribution is 5.00. The molecule has 0 aliphatic rings. The van der Waals surface area contributed by atoms with E-state index >= 15 is 0 Å². The fourth-order valence-corrected chi connectivity index (χ4v) is 1.55. The van der Waals surface area contributed by atoms with Crippen LogP contribution in [-0.4, -0.2) is 25.0 Å². The van der Waals surface area contributed by atoms with E-state index in [4.69, 9.17) is 5.73 Å². The Balaban J connectivity index is 4.14. The maximum atomic E-state index is 5.59. The first-order valence-electron chi connectivity index (χ1n) is 5.75. The summed E-state index contributed by atoms with van der Waals surface area (Å²) in [6.45, 7) is 8.60. The van der Waals surface area contributed by atoms with E-state index in [-0.39, 0.29) is 0 Å². The van der Waals surface area contributed by atoms with Crippen LogP contribution >= 0.6 is 0 Å². The highest BCUT2D eigenvalue weighted by Gasteiger charge is 2.06. The molecule has 0 aromatic carbocycles. The molecule has 0 radical (unpaired) electrons. The van der Waals surface area contributed by atoms with Gasteiger partial charge in [0.2, 0.25) is 0 Å². The number of allylic oxidation sites excluding steroid dienone is 1. The Hall–Kier alpha value is -0.500. The smallest absolute Gasteiger partial charge is 0.0197 e. The van der Waals surface area contributed by atoms with E-state index in [1.54, 1.807) is 0 Å². The quantitative estimate of drug-likeness (QED) is 0.681. The van der Waals surface area contributed by atoms with Gasteiger partial charge in [-0.05, 0) is 25.3 Å². The lowest BCUT2D eigenvalue weighted by atomic mass is 10.1. The van der Waals surface area contributed by atoms with E-state index in [0.717, 1.165) is 31.8 Å². The summed E-state index contributed by atoms with van der Waals surface area (Å²) in [6, 6.07) is 0. The molecule has 0 fully saturated rings. The maximum Gasteiger partial charge on any atom is 0.0197 e. The summed E-state index contributed by atoms with van der Waals surface area (Å²) in [5.41, 5.74) is 6.99. The predicted octanol–water partition coefficient (Wildman–Crippen LogP) is 2.61. The summed E-state index contributed by atoms with van der Waals surface area (Å²) in [5.74, 6) is 0.762. The fraction of sp³-hybridized carbons (Fsp3) is 0.833. The van der Waals surface area contributed by atoms with Crippen LogP contribution in [0, 0.1) is 5.92 Å². The summed E-state index contributed by atoms with van der Waals surface area (Å²) in [4.78, 5) is 2.35. The molecule has 0 saturated carbocycles. The number of rotatable bonds is 7. The highest BCUT2D eigenvalue weighted by atomic mass is 15.1. The Morgan fingerprint density at radius 3 is 2.50 bits per heavy atom. The SMILES string of the molecule is CCC=C(CCN)N(C)CC(C)CC. The third-order valence-corrected chi connectivity index (χ3v) is 2.61. The van der Waals surface area contributed by atoms with Crippen LogP contribution in [0.25, 0.3) is 0 Å². The van der Waals surface area contributed by atoms with Crippen molar-refractivity contribution >= 4 is 0 Å². The monoisotopic (exact) mass is 198 g/mol. The normalized spacial score (nSPS) is 14.2. The van der Waals surface area contributed by atoms with E-state index in [2.05, 4.69) is 38.8 Å². The van der Waals surface area contributed by atoms with E-state index in [0.29, 0.717) is 0 Å². The van der Waals surface area contributed by atoms with Crippen LogP contribution < -0.4 is 5.73 Å². The van der Waals surface area contributed by atoms with Crippen molar-refractivity contribution in [3.63, 3.8) is 0 Å². The first kappa shape index (κ1) is 13.5.